The van der Waals surface area contributed by atoms with E-state index in [-0.39, 0.29) is 71.9 Å². The van der Waals surface area contributed by atoms with Crippen LogP contribution < -0.4 is 0 Å². The molecular weight excluding hydrogens is 721 g/mol. The molecule has 2 rings (SSSR count). The fourth-order valence-electron chi connectivity index (χ4n) is 2.39. The highest BCUT2D eigenvalue weighted by Crippen LogP contribution is 2.13. The number of carbonyl (C=O) groups excluding carboxylic acids is 4. The predicted molar refractivity (Wildman–Crippen MR) is 184 cm³/mol. The van der Waals surface area contributed by atoms with Crippen LogP contribution in [-0.4, -0.2) is 178 Å². The van der Waals surface area contributed by atoms with E-state index in [0.717, 1.165) is 13.2 Å². The van der Waals surface area contributed by atoms with Crippen molar-refractivity contribution in [3.05, 3.63) is 0 Å². The average molecular weight is 773 g/mol. The number of thioether (sulfide) groups is 2. The number of rotatable bonds is 20. The van der Waals surface area contributed by atoms with Crippen molar-refractivity contribution >= 4 is 72.7 Å². The molecule has 2 heterocycles. The minimum atomic E-state index is -0.978. The van der Waals surface area contributed by atoms with Crippen LogP contribution in [0, 0.1) is 0 Å². The molecule has 0 spiro atoms. The van der Waals surface area contributed by atoms with E-state index in [1.54, 1.807) is 0 Å². The number of hydrogen-bond donors (Lipinski definition) is 8. The number of epoxide rings is 2. The van der Waals surface area contributed by atoms with Crippen LogP contribution in [0.3, 0.4) is 0 Å². The number of thiol groups is 2. The minimum Gasteiger partial charge on any atom is -0.463 e. The van der Waals surface area contributed by atoms with E-state index in [1.807, 2.05) is 0 Å². The molecule has 48 heavy (non-hydrogen) atoms. The van der Waals surface area contributed by atoms with E-state index in [0.29, 0.717) is 13.2 Å². The van der Waals surface area contributed by atoms with E-state index in [4.69, 9.17) is 19.7 Å². The molecule has 0 aromatic rings. The molecule has 0 aromatic carbocycles. The van der Waals surface area contributed by atoms with Crippen LogP contribution in [0.25, 0.3) is 0 Å². The molecule has 2 fully saturated rings. The molecule has 16 nitrogen and oxygen atoms in total. The molecule has 284 valence electrons. The van der Waals surface area contributed by atoms with Gasteiger partial charge in [0.25, 0.3) is 0 Å². The van der Waals surface area contributed by atoms with E-state index in [2.05, 4.69) is 44.2 Å². The summed E-state index contributed by atoms with van der Waals surface area (Å²) in [6.07, 6.45) is -4.70. The van der Waals surface area contributed by atoms with Crippen LogP contribution in [0.4, 0.5) is 0 Å². The monoisotopic (exact) mass is 772 g/mol. The Morgan fingerprint density at radius 3 is 1.10 bits per heavy atom. The van der Waals surface area contributed by atoms with Gasteiger partial charge in [-0.05, 0) is 0 Å². The van der Waals surface area contributed by atoms with Crippen molar-refractivity contribution in [3.8, 4) is 0 Å². The number of ether oxygens (including phenoxy) is 6. The molecule has 0 radical (unpaired) electrons. The lowest BCUT2D eigenvalue weighted by Gasteiger charge is -2.18. The van der Waals surface area contributed by atoms with E-state index in [9.17, 15) is 39.6 Å². The van der Waals surface area contributed by atoms with Gasteiger partial charge in [-0.15, -0.1) is 0 Å². The van der Waals surface area contributed by atoms with Crippen molar-refractivity contribution in [3.63, 3.8) is 0 Å². The standard InChI is InChI=1S/C14H26O8S2.2C5H8O3.C4H10O2S2/c1-9(15)21-3-11(17)5-23-7-13(19)14(20)8-24-6-12(18)4-22-10(2)16;2*1-4(6)7-2-5-3-8-5;5-3(1-7)4(6)2-8/h11-14,17-20H,3-8H2,1-2H3;2*5H,2-3H2,1H3;3-8H,1-2H2. The molecule has 0 saturated carbocycles. The van der Waals surface area contributed by atoms with Crippen LogP contribution in [-0.2, 0) is 47.6 Å². The fraction of sp³-hybridized carbons (Fsp3) is 0.857. The molecule has 0 amide bonds. The number of hydrogen-bond acceptors (Lipinski definition) is 20. The van der Waals surface area contributed by atoms with Crippen molar-refractivity contribution in [1.29, 1.82) is 0 Å². The molecule has 20 heteroatoms. The third kappa shape index (κ3) is 36.2. The van der Waals surface area contributed by atoms with Gasteiger partial charge in [-0.1, -0.05) is 0 Å². The Kier molecular flexibility index (Phi) is 31.4. The molecule has 0 aliphatic carbocycles. The zero-order chi connectivity index (χ0) is 37.1. The van der Waals surface area contributed by atoms with Gasteiger partial charge in [0.2, 0.25) is 0 Å². The number of carbonyl (C=O) groups is 4. The van der Waals surface area contributed by atoms with Crippen molar-refractivity contribution in [2.45, 2.75) is 76.5 Å². The van der Waals surface area contributed by atoms with Gasteiger partial charge < -0.3 is 59.1 Å². The first-order valence-electron chi connectivity index (χ1n) is 14.7. The van der Waals surface area contributed by atoms with Gasteiger partial charge in [-0.25, -0.2) is 0 Å². The average Bonchev–Trinajstić information content (AvgIpc) is 3.96. The second-order valence-electron chi connectivity index (χ2n) is 10.1. The zero-order valence-electron chi connectivity index (χ0n) is 27.6. The maximum absolute atomic E-state index is 10.6. The Hall–Kier alpha value is -1.04. The molecule has 0 bridgehead atoms. The second kappa shape index (κ2) is 30.8. The summed E-state index contributed by atoms with van der Waals surface area (Å²) in [6.45, 7) is 7.42. The summed E-state index contributed by atoms with van der Waals surface area (Å²) in [7, 11) is 0. The highest BCUT2D eigenvalue weighted by atomic mass is 32.2. The Labute approximate surface area is 300 Å². The van der Waals surface area contributed by atoms with Crippen LogP contribution in [0.5, 0.6) is 0 Å². The Morgan fingerprint density at radius 2 is 0.875 bits per heavy atom. The molecule has 0 aromatic heterocycles. The maximum atomic E-state index is 10.6. The van der Waals surface area contributed by atoms with Gasteiger partial charge in [0.15, 0.2) is 0 Å². The molecule has 2 saturated heterocycles. The first kappa shape index (κ1) is 49.1. The summed E-state index contributed by atoms with van der Waals surface area (Å²) in [5, 5.41) is 56.2. The quantitative estimate of drug-likeness (QED) is 0.0303. The fourth-order valence-corrected chi connectivity index (χ4v) is 4.81. The maximum Gasteiger partial charge on any atom is 0.302 e. The number of aliphatic hydroxyl groups excluding tert-OH is 6. The van der Waals surface area contributed by atoms with E-state index in [1.165, 1.54) is 51.2 Å². The highest BCUT2D eigenvalue weighted by molar-refractivity contribution is 7.99. The van der Waals surface area contributed by atoms with Crippen molar-refractivity contribution in [2.24, 2.45) is 0 Å². The summed E-state index contributed by atoms with van der Waals surface area (Å²) in [4.78, 5) is 41.4. The third-order valence-corrected chi connectivity index (χ3v) is 8.31. The highest BCUT2D eigenvalue weighted by Gasteiger charge is 2.24. The van der Waals surface area contributed by atoms with Gasteiger partial charge >= 0.3 is 23.9 Å². The second-order valence-corrected chi connectivity index (χ2v) is 13.0. The first-order valence-corrected chi connectivity index (χ1v) is 18.3. The molecule has 2 aliphatic rings. The summed E-state index contributed by atoms with van der Waals surface area (Å²) < 4.78 is 28.1. The molecule has 6 N–H and O–H groups in total. The van der Waals surface area contributed by atoms with E-state index < -0.39 is 48.6 Å². The van der Waals surface area contributed by atoms with Crippen LogP contribution >= 0.6 is 48.8 Å². The van der Waals surface area contributed by atoms with Gasteiger partial charge in [0.05, 0.1) is 49.8 Å². The lowest BCUT2D eigenvalue weighted by Crippen LogP contribution is -2.32. The largest absolute Gasteiger partial charge is 0.463 e. The summed E-state index contributed by atoms with van der Waals surface area (Å²) in [5.74, 6) is 0.120. The van der Waals surface area contributed by atoms with Gasteiger partial charge in [0.1, 0.15) is 38.6 Å². The normalized spacial score (nSPS) is 19.3. The molecule has 2 aliphatic heterocycles. The Balaban J connectivity index is 0. The van der Waals surface area contributed by atoms with Gasteiger partial charge in [-0.2, -0.15) is 48.8 Å². The summed E-state index contributed by atoms with van der Waals surface area (Å²) >= 11 is 10.00. The molecule has 8 atom stereocenters. The smallest absolute Gasteiger partial charge is 0.302 e. The number of esters is 4. The van der Waals surface area contributed by atoms with Crippen molar-refractivity contribution in [2.75, 3.05) is 74.2 Å². The lowest BCUT2D eigenvalue weighted by molar-refractivity contribution is -0.144. The van der Waals surface area contributed by atoms with Crippen LogP contribution in [0.15, 0.2) is 0 Å². The van der Waals surface area contributed by atoms with Crippen LogP contribution in [0.2, 0.25) is 0 Å². The number of aliphatic hydroxyl groups is 6. The zero-order valence-corrected chi connectivity index (χ0v) is 31.0. The van der Waals surface area contributed by atoms with Gasteiger partial charge in [-0.3, -0.25) is 19.2 Å². The topological polar surface area (TPSA) is 252 Å². The molecule has 8 unspecified atom stereocenters. The molecular formula is C28H52O16S4. The summed E-state index contributed by atoms with van der Waals surface area (Å²) in [5.41, 5.74) is 0. The Morgan fingerprint density at radius 1 is 0.583 bits per heavy atom. The first-order chi connectivity index (χ1) is 22.5. The van der Waals surface area contributed by atoms with Crippen molar-refractivity contribution in [1.82, 2.24) is 0 Å². The van der Waals surface area contributed by atoms with Crippen molar-refractivity contribution < 1.29 is 78.2 Å². The Bertz CT molecular complexity index is 797. The minimum absolute atomic E-state index is 0.100. The van der Waals surface area contributed by atoms with E-state index >= 15 is 0 Å². The SMILES string of the molecule is CC(=O)OCC(O)CSCC(O)C(O)CSCC(O)COC(C)=O.CC(=O)OCC1CO1.CC(=O)OCC1CO1.OC(CS)C(O)CS. The van der Waals surface area contributed by atoms with Crippen LogP contribution in [0.1, 0.15) is 27.7 Å². The lowest BCUT2D eigenvalue weighted by atomic mass is 10.3. The van der Waals surface area contributed by atoms with Gasteiger partial charge in [0, 0.05) is 62.2 Å². The predicted octanol–water partition coefficient (Wildman–Crippen LogP) is -1.51. The summed E-state index contributed by atoms with van der Waals surface area (Å²) in [6, 6.07) is 0. The third-order valence-electron chi connectivity index (χ3n) is 5.17.